The zero-order valence-corrected chi connectivity index (χ0v) is 15.8. The van der Waals surface area contributed by atoms with Crippen LogP contribution in [0, 0.1) is 6.92 Å². The molecule has 1 amide bonds. The average Bonchev–Trinajstić information content (AvgIpc) is 2.97. The van der Waals surface area contributed by atoms with E-state index in [1.54, 1.807) is 18.2 Å². The highest BCUT2D eigenvalue weighted by Gasteiger charge is 2.12. The number of hydrogen-bond donors (Lipinski definition) is 1. The number of para-hydroxylation sites is 2. The van der Waals surface area contributed by atoms with Gasteiger partial charge in [0, 0.05) is 25.3 Å². The number of anilines is 1. The van der Waals surface area contributed by atoms with Crippen LogP contribution in [0.2, 0.25) is 0 Å². The third-order valence-electron chi connectivity index (χ3n) is 4.55. The number of fused-ring (bicyclic) bond motifs is 1. The summed E-state index contributed by atoms with van der Waals surface area (Å²) in [5, 5.41) is 2.89. The Bertz CT molecular complexity index is 974. The first-order valence-electron chi connectivity index (χ1n) is 9.25. The molecule has 0 saturated carbocycles. The number of carbonyl (C=O) groups excluding carboxylic acids is 1. The minimum absolute atomic E-state index is 0.0365. The topological polar surface area (TPSA) is 67.5 Å². The van der Waals surface area contributed by atoms with E-state index in [4.69, 9.17) is 4.42 Å². The predicted molar refractivity (Wildman–Crippen MR) is 107 cm³/mol. The number of benzene rings is 2. The third kappa shape index (κ3) is 4.58. The van der Waals surface area contributed by atoms with Crippen LogP contribution in [0.25, 0.3) is 11.1 Å². The Kier molecular flexibility index (Phi) is 5.96. The molecular formula is C21H25N3O3. The van der Waals surface area contributed by atoms with Crippen LogP contribution in [0.3, 0.4) is 0 Å². The Hall–Kier alpha value is -3.02. The van der Waals surface area contributed by atoms with Crippen molar-refractivity contribution in [3.63, 3.8) is 0 Å². The summed E-state index contributed by atoms with van der Waals surface area (Å²) in [7, 11) is 0. The van der Waals surface area contributed by atoms with Gasteiger partial charge in [-0.2, -0.15) is 0 Å². The van der Waals surface area contributed by atoms with Crippen LogP contribution < -0.4 is 16.0 Å². The molecule has 2 aromatic carbocycles. The molecule has 3 aromatic rings. The van der Waals surface area contributed by atoms with Crippen LogP contribution in [0.5, 0.6) is 0 Å². The lowest BCUT2D eigenvalue weighted by atomic mass is 10.2. The normalized spacial score (nSPS) is 10.9. The lowest BCUT2D eigenvalue weighted by molar-refractivity contribution is -0.121. The van der Waals surface area contributed by atoms with Crippen LogP contribution in [0.1, 0.15) is 18.9 Å². The summed E-state index contributed by atoms with van der Waals surface area (Å²) in [5.74, 6) is -0.704. The molecule has 0 aliphatic heterocycles. The van der Waals surface area contributed by atoms with Crippen LogP contribution in [0.4, 0.5) is 5.69 Å². The molecule has 142 valence electrons. The zero-order valence-electron chi connectivity index (χ0n) is 15.8. The molecule has 0 aliphatic rings. The van der Waals surface area contributed by atoms with Gasteiger partial charge in [-0.15, -0.1) is 0 Å². The fourth-order valence-corrected chi connectivity index (χ4v) is 3.16. The maximum Gasteiger partial charge on any atom is 0.420 e. The molecule has 0 fully saturated rings. The standard InChI is InChI=1S/C21H25N3O3/c1-3-23(17-9-6-8-16(2)14-17)13-7-12-22-20(25)15-24-18-10-4-5-11-19(18)27-21(24)26/h4-6,8-11,14H,3,7,12-13,15H2,1-2H3,(H,22,25). The quantitative estimate of drug-likeness (QED) is 0.622. The summed E-state index contributed by atoms with van der Waals surface area (Å²) < 4.78 is 6.51. The van der Waals surface area contributed by atoms with Gasteiger partial charge in [0.2, 0.25) is 5.91 Å². The molecule has 0 spiro atoms. The van der Waals surface area contributed by atoms with Gasteiger partial charge in [-0.3, -0.25) is 9.36 Å². The number of amides is 1. The Labute approximate surface area is 158 Å². The minimum Gasteiger partial charge on any atom is -0.408 e. The van der Waals surface area contributed by atoms with Gasteiger partial charge in [-0.1, -0.05) is 24.3 Å². The van der Waals surface area contributed by atoms with E-state index in [1.165, 1.54) is 15.8 Å². The Morgan fingerprint density at radius 1 is 1.19 bits per heavy atom. The molecule has 6 nitrogen and oxygen atoms in total. The number of aryl methyl sites for hydroxylation is 1. The predicted octanol–water partition coefficient (Wildman–Crippen LogP) is 2.94. The summed E-state index contributed by atoms with van der Waals surface area (Å²) >= 11 is 0. The molecule has 27 heavy (non-hydrogen) atoms. The Morgan fingerprint density at radius 2 is 2.00 bits per heavy atom. The number of hydrogen-bond acceptors (Lipinski definition) is 4. The van der Waals surface area contributed by atoms with Crippen molar-refractivity contribution in [2.24, 2.45) is 0 Å². The second-order valence-corrected chi connectivity index (χ2v) is 6.54. The first-order valence-corrected chi connectivity index (χ1v) is 9.25. The van der Waals surface area contributed by atoms with E-state index in [-0.39, 0.29) is 12.5 Å². The van der Waals surface area contributed by atoms with Crippen LogP contribution in [0.15, 0.2) is 57.7 Å². The van der Waals surface area contributed by atoms with Crippen molar-refractivity contribution in [3.05, 3.63) is 64.6 Å². The fourth-order valence-electron chi connectivity index (χ4n) is 3.16. The smallest absolute Gasteiger partial charge is 0.408 e. The molecule has 0 aliphatic carbocycles. The van der Waals surface area contributed by atoms with Crippen molar-refractivity contribution in [1.29, 1.82) is 0 Å². The van der Waals surface area contributed by atoms with Gasteiger partial charge in [-0.25, -0.2) is 4.79 Å². The number of nitrogens with zero attached hydrogens (tertiary/aromatic N) is 2. The first-order chi connectivity index (χ1) is 13.1. The summed E-state index contributed by atoms with van der Waals surface area (Å²) in [6.07, 6.45) is 0.828. The summed E-state index contributed by atoms with van der Waals surface area (Å²) in [6.45, 7) is 6.50. The summed E-state index contributed by atoms with van der Waals surface area (Å²) in [6, 6.07) is 15.5. The molecule has 1 N–H and O–H groups in total. The Morgan fingerprint density at radius 3 is 2.78 bits per heavy atom. The van der Waals surface area contributed by atoms with Crippen LogP contribution in [-0.4, -0.2) is 30.1 Å². The first kappa shape index (κ1) is 18.8. The van der Waals surface area contributed by atoms with Crippen molar-refractivity contribution in [1.82, 2.24) is 9.88 Å². The van der Waals surface area contributed by atoms with E-state index in [9.17, 15) is 9.59 Å². The van der Waals surface area contributed by atoms with Crippen molar-refractivity contribution in [2.75, 3.05) is 24.5 Å². The molecular weight excluding hydrogens is 342 g/mol. The highest BCUT2D eigenvalue weighted by atomic mass is 16.4. The molecule has 0 radical (unpaired) electrons. The van der Waals surface area contributed by atoms with E-state index < -0.39 is 5.76 Å². The van der Waals surface area contributed by atoms with E-state index >= 15 is 0 Å². The number of oxazole rings is 1. The van der Waals surface area contributed by atoms with Gasteiger partial charge in [0.15, 0.2) is 5.58 Å². The highest BCUT2D eigenvalue weighted by molar-refractivity contribution is 5.79. The van der Waals surface area contributed by atoms with E-state index in [2.05, 4.69) is 48.3 Å². The second-order valence-electron chi connectivity index (χ2n) is 6.54. The van der Waals surface area contributed by atoms with Gasteiger partial charge >= 0.3 is 5.76 Å². The van der Waals surface area contributed by atoms with Crippen molar-refractivity contribution < 1.29 is 9.21 Å². The van der Waals surface area contributed by atoms with E-state index in [0.717, 1.165) is 19.5 Å². The zero-order chi connectivity index (χ0) is 19.2. The lowest BCUT2D eigenvalue weighted by Crippen LogP contribution is -2.33. The summed E-state index contributed by atoms with van der Waals surface area (Å²) in [4.78, 5) is 26.4. The number of carbonyl (C=O) groups is 1. The third-order valence-corrected chi connectivity index (χ3v) is 4.55. The lowest BCUT2D eigenvalue weighted by Gasteiger charge is -2.23. The molecule has 3 rings (SSSR count). The summed E-state index contributed by atoms with van der Waals surface area (Å²) in [5.41, 5.74) is 3.55. The number of rotatable bonds is 8. The monoisotopic (exact) mass is 367 g/mol. The second kappa shape index (κ2) is 8.58. The van der Waals surface area contributed by atoms with E-state index in [0.29, 0.717) is 17.6 Å². The maximum absolute atomic E-state index is 12.2. The van der Waals surface area contributed by atoms with Gasteiger partial charge < -0.3 is 14.6 Å². The van der Waals surface area contributed by atoms with Gasteiger partial charge in [0.05, 0.1) is 5.52 Å². The van der Waals surface area contributed by atoms with E-state index in [1.807, 2.05) is 6.07 Å². The number of aromatic nitrogens is 1. The molecule has 0 atom stereocenters. The van der Waals surface area contributed by atoms with Gasteiger partial charge in [0.1, 0.15) is 6.54 Å². The average molecular weight is 367 g/mol. The molecule has 0 bridgehead atoms. The molecule has 6 heteroatoms. The molecule has 0 saturated heterocycles. The van der Waals surface area contributed by atoms with Gasteiger partial charge in [0.25, 0.3) is 0 Å². The molecule has 1 heterocycles. The maximum atomic E-state index is 12.2. The highest BCUT2D eigenvalue weighted by Crippen LogP contribution is 2.15. The molecule has 0 unspecified atom stereocenters. The van der Waals surface area contributed by atoms with Crippen molar-refractivity contribution in [3.8, 4) is 0 Å². The molecule has 1 aromatic heterocycles. The van der Waals surface area contributed by atoms with Gasteiger partial charge in [-0.05, 0) is 50.1 Å². The SMILES string of the molecule is CCN(CCCNC(=O)Cn1c(=O)oc2ccccc21)c1cccc(C)c1. The minimum atomic E-state index is -0.511. The van der Waals surface area contributed by atoms with Crippen LogP contribution in [-0.2, 0) is 11.3 Å². The van der Waals surface area contributed by atoms with Crippen molar-refractivity contribution >= 4 is 22.7 Å². The van der Waals surface area contributed by atoms with Crippen molar-refractivity contribution in [2.45, 2.75) is 26.8 Å². The Balaban J connectivity index is 1.51. The largest absolute Gasteiger partial charge is 0.420 e. The number of nitrogens with one attached hydrogen (secondary N) is 1. The fraction of sp³-hybridized carbons (Fsp3) is 0.333. The van der Waals surface area contributed by atoms with Crippen LogP contribution >= 0.6 is 0 Å².